The Balaban J connectivity index is 1.36. The summed E-state index contributed by atoms with van der Waals surface area (Å²) >= 11 is 0. The number of fused-ring (bicyclic) bond motifs is 1. The van der Waals surface area contributed by atoms with E-state index in [1.165, 1.54) is 17.7 Å². The lowest BCUT2D eigenvalue weighted by molar-refractivity contribution is 0.239. The number of hydrogen-bond donors (Lipinski definition) is 2. The third-order valence-electron chi connectivity index (χ3n) is 6.53. The van der Waals surface area contributed by atoms with E-state index in [-0.39, 0.29) is 5.41 Å². The van der Waals surface area contributed by atoms with Gasteiger partial charge in [-0.2, -0.15) is 0 Å². The maximum atomic E-state index is 5.91. The highest BCUT2D eigenvalue weighted by Gasteiger charge is 2.52. The number of likely N-dealkylation sites (tertiary alicyclic amines) is 1. The van der Waals surface area contributed by atoms with Gasteiger partial charge in [0.2, 0.25) is 0 Å². The fourth-order valence-electron chi connectivity index (χ4n) is 5.13. The topological polar surface area (TPSA) is 87.0 Å². The van der Waals surface area contributed by atoms with Gasteiger partial charge in [0, 0.05) is 56.1 Å². The van der Waals surface area contributed by atoms with E-state index in [0.717, 1.165) is 45.0 Å². The number of aromatic nitrogens is 4. The summed E-state index contributed by atoms with van der Waals surface area (Å²) in [6, 6.07) is 12.7. The van der Waals surface area contributed by atoms with Crippen LogP contribution in [0.4, 0.5) is 11.6 Å². The Morgan fingerprint density at radius 2 is 2.03 bits per heavy atom. The SMILES string of the molecule is Nc1cc(N2CC3CN(Cc4cnc[nH]4)CC3(CCc3ccccc3)C2)ncn1. The van der Waals surface area contributed by atoms with Gasteiger partial charge < -0.3 is 15.6 Å². The number of nitrogens with one attached hydrogen (secondary N) is 1. The van der Waals surface area contributed by atoms with Crippen molar-refractivity contribution in [3.05, 3.63) is 66.5 Å². The van der Waals surface area contributed by atoms with E-state index in [4.69, 9.17) is 5.73 Å². The molecule has 2 aromatic heterocycles. The minimum Gasteiger partial charge on any atom is -0.384 e. The van der Waals surface area contributed by atoms with Gasteiger partial charge in [-0.05, 0) is 24.3 Å². The summed E-state index contributed by atoms with van der Waals surface area (Å²) in [5, 5.41) is 0. The first-order valence-corrected chi connectivity index (χ1v) is 10.3. The second kappa shape index (κ2) is 7.48. The highest BCUT2D eigenvalue weighted by Crippen LogP contribution is 2.47. The highest BCUT2D eigenvalue weighted by atomic mass is 15.3. The Hall–Kier alpha value is -2.93. The van der Waals surface area contributed by atoms with Gasteiger partial charge in [0.1, 0.15) is 18.0 Å². The first-order chi connectivity index (χ1) is 14.2. The molecule has 29 heavy (non-hydrogen) atoms. The molecule has 150 valence electrons. The van der Waals surface area contributed by atoms with Gasteiger partial charge in [0.25, 0.3) is 0 Å². The quantitative estimate of drug-likeness (QED) is 0.673. The molecule has 0 bridgehead atoms. The molecule has 2 aliphatic rings. The zero-order valence-electron chi connectivity index (χ0n) is 16.5. The van der Waals surface area contributed by atoms with Gasteiger partial charge in [0.15, 0.2) is 0 Å². The number of nitrogen functional groups attached to an aromatic ring is 1. The number of hydrogen-bond acceptors (Lipinski definition) is 6. The Bertz CT molecular complexity index is 943. The fourth-order valence-corrected chi connectivity index (χ4v) is 5.13. The third-order valence-corrected chi connectivity index (χ3v) is 6.53. The van der Waals surface area contributed by atoms with Crippen LogP contribution in [0.15, 0.2) is 55.2 Å². The Morgan fingerprint density at radius 3 is 2.83 bits per heavy atom. The minimum atomic E-state index is 0.259. The van der Waals surface area contributed by atoms with Crippen LogP contribution in [0.3, 0.4) is 0 Å². The van der Waals surface area contributed by atoms with Gasteiger partial charge in [0.05, 0.1) is 6.33 Å². The standard InChI is InChI=1S/C22H27N7/c23-20-8-21(27-16-26-20)29-11-18-10-28(12-19-9-24-15-25-19)13-22(18,14-29)7-6-17-4-2-1-3-5-17/h1-5,8-9,15-16,18H,6-7,10-14H2,(H,24,25)(H2,23,26,27). The molecular formula is C22H27N7. The zero-order chi connectivity index (χ0) is 19.7. The minimum absolute atomic E-state index is 0.259. The average molecular weight is 390 g/mol. The number of nitrogens with zero attached hydrogens (tertiary/aromatic N) is 5. The van der Waals surface area contributed by atoms with Gasteiger partial charge >= 0.3 is 0 Å². The molecule has 2 saturated heterocycles. The first kappa shape index (κ1) is 18.1. The molecule has 7 heteroatoms. The molecule has 2 aliphatic heterocycles. The van der Waals surface area contributed by atoms with E-state index in [0.29, 0.717) is 11.7 Å². The smallest absolute Gasteiger partial charge is 0.134 e. The maximum Gasteiger partial charge on any atom is 0.134 e. The number of imidazole rings is 1. The van der Waals surface area contributed by atoms with Crippen LogP contribution in [0.2, 0.25) is 0 Å². The molecule has 2 atom stereocenters. The molecule has 4 heterocycles. The number of aromatic amines is 1. The van der Waals surface area contributed by atoms with Gasteiger partial charge in [-0.1, -0.05) is 30.3 Å². The molecule has 7 nitrogen and oxygen atoms in total. The first-order valence-electron chi connectivity index (χ1n) is 10.3. The Kier molecular flexibility index (Phi) is 4.67. The zero-order valence-corrected chi connectivity index (χ0v) is 16.5. The molecular weight excluding hydrogens is 362 g/mol. The van der Waals surface area contributed by atoms with Crippen LogP contribution in [-0.4, -0.2) is 51.0 Å². The van der Waals surface area contributed by atoms with Crippen molar-refractivity contribution in [1.82, 2.24) is 24.8 Å². The molecule has 1 aromatic carbocycles. The number of anilines is 2. The van der Waals surface area contributed by atoms with Crippen molar-refractivity contribution in [2.24, 2.45) is 11.3 Å². The van der Waals surface area contributed by atoms with Crippen molar-refractivity contribution in [2.75, 3.05) is 36.8 Å². The van der Waals surface area contributed by atoms with E-state index in [1.54, 1.807) is 12.7 Å². The molecule has 2 unspecified atom stereocenters. The number of benzene rings is 1. The molecule has 3 aromatic rings. The second-order valence-corrected chi connectivity index (χ2v) is 8.47. The molecule has 0 spiro atoms. The van der Waals surface area contributed by atoms with Gasteiger partial charge in [-0.3, -0.25) is 4.90 Å². The third kappa shape index (κ3) is 3.70. The fraction of sp³-hybridized carbons (Fsp3) is 0.409. The summed E-state index contributed by atoms with van der Waals surface area (Å²) in [7, 11) is 0. The summed E-state index contributed by atoms with van der Waals surface area (Å²) in [4.78, 5) is 20.9. The molecule has 5 rings (SSSR count). The largest absolute Gasteiger partial charge is 0.384 e. The van der Waals surface area contributed by atoms with Gasteiger partial charge in [-0.25, -0.2) is 15.0 Å². The van der Waals surface area contributed by atoms with E-state index >= 15 is 0 Å². The van der Waals surface area contributed by atoms with Crippen molar-refractivity contribution in [2.45, 2.75) is 19.4 Å². The van der Waals surface area contributed by atoms with Crippen LogP contribution in [0.5, 0.6) is 0 Å². The molecule has 0 radical (unpaired) electrons. The maximum absolute atomic E-state index is 5.91. The lowest BCUT2D eigenvalue weighted by Gasteiger charge is -2.30. The number of aryl methyl sites for hydroxylation is 1. The second-order valence-electron chi connectivity index (χ2n) is 8.47. The molecule has 0 aliphatic carbocycles. The van der Waals surface area contributed by atoms with Crippen molar-refractivity contribution in [1.29, 1.82) is 0 Å². The van der Waals surface area contributed by atoms with Crippen molar-refractivity contribution >= 4 is 11.6 Å². The summed E-state index contributed by atoms with van der Waals surface area (Å²) in [6.07, 6.45) is 7.55. The molecule has 3 N–H and O–H groups in total. The van der Waals surface area contributed by atoms with E-state index in [1.807, 2.05) is 12.3 Å². The van der Waals surface area contributed by atoms with Crippen LogP contribution >= 0.6 is 0 Å². The average Bonchev–Trinajstić information content (AvgIpc) is 3.43. The van der Waals surface area contributed by atoms with Crippen LogP contribution in [0, 0.1) is 11.3 Å². The summed E-state index contributed by atoms with van der Waals surface area (Å²) in [5.74, 6) is 2.10. The number of rotatable bonds is 6. The molecule has 0 saturated carbocycles. The van der Waals surface area contributed by atoms with E-state index in [2.05, 4.69) is 60.1 Å². The molecule has 0 amide bonds. The van der Waals surface area contributed by atoms with Crippen molar-refractivity contribution in [3.63, 3.8) is 0 Å². The van der Waals surface area contributed by atoms with Crippen LogP contribution in [0.25, 0.3) is 0 Å². The summed E-state index contributed by atoms with van der Waals surface area (Å²) in [6.45, 7) is 5.17. The Morgan fingerprint density at radius 1 is 1.14 bits per heavy atom. The van der Waals surface area contributed by atoms with Gasteiger partial charge in [-0.15, -0.1) is 0 Å². The predicted octanol–water partition coefficient (Wildman–Crippen LogP) is 2.35. The summed E-state index contributed by atoms with van der Waals surface area (Å²) < 4.78 is 0. The van der Waals surface area contributed by atoms with Crippen LogP contribution in [-0.2, 0) is 13.0 Å². The Labute approximate surface area is 171 Å². The summed E-state index contributed by atoms with van der Waals surface area (Å²) in [5.41, 5.74) is 8.77. The monoisotopic (exact) mass is 389 g/mol. The van der Waals surface area contributed by atoms with E-state index in [9.17, 15) is 0 Å². The lowest BCUT2D eigenvalue weighted by Crippen LogP contribution is -2.35. The normalized spacial score (nSPS) is 24.1. The number of H-pyrrole nitrogens is 1. The van der Waals surface area contributed by atoms with Crippen LogP contribution in [0.1, 0.15) is 17.7 Å². The molecule has 2 fully saturated rings. The van der Waals surface area contributed by atoms with Crippen LogP contribution < -0.4 is 10.6 Å². The van der Waals surface area contributed by atoms with E-state index < -0.39 is 0 Å². The number of nitrogens with two attached hydrogens (primary N) is 1. The van der Waals surface area contributed by atoms with Crippen molar-refractivity contribution < 1.29 is 0 Å². The highest BCUT2D eigenvalue weighted by molar-refractivity contribution is 5.47. The predicted molar refractivity (Wildman–Crippen MR) is 113 cm³/mol. The van der Waals surface area contributed by atoms with Crippen molar-refractivity contribution in [3.8, 4) is 0 Å². The lowest BCUT2D eigenvalue weighted by atomic mass is 9.76.